The van der Waals surface area contributed by atoms with Crippen molar-refractivity contribution in [3.05, 3.63) is 71.1 Å². The third-order valence-corrected chi connectivity index (χ3v) is 6.45. The molecule has 0 fully saturated rings. The summed E-state index contributed by atoms with van der Waals surface area (Å²) in [5, 5.41) is 2.33. The van der Waals surface area contributed by atoms with Crippen LogP contribution in [-0.4, -0.2) is 23.7 Å². The van der Waals surface area contributed by atoms with Gasteiger partial charge in [0.1, 0.15) is 17.5 Å². The molecule has 0 radical (unpaired) electrons. The minimum atomic E-state index is -3.62. The maximum atomic E-state index is 13.6. The number of nitrogens with zero attached hydrogens (tertiary/aromatic N) is 2. The van der Waals surface area contributed by atoms with Crippen molar-refractivity contribution in [3.8, 4) is 0 Å². The largest absolute Gasteiger partial charge is 0.319 e. The van der Waals surface area contributed by atoms with Crippen LogP contribution in [0.3, 0.4) is 0 Å². The van der Waals surface area contributed by atoms with Gasteiger partial charge in [-0.1, -0.05) is 12.1 Å². The molecule has 27 heavy (non-hydrogen) atoms. The van der Waals surface area contributed by atoms with Crippen LogP contribution in [0.2, 0.25) is 0 Å². The van der Waals surface area contributed by atoms with E-state index < -0.39 is 27.4 Å². The summed E-state index contributed by atoms with van der Waals surface area (Å²) in [5.74, 6) is -2.13. The van der Waals surface area contributed by atoms with Crippen LogP contribution >= 0.6 is 11.5 Å². The summed E-state index contributed by atoms with van der Waals surface area (Å²) in [6.07, 6.45) is 0. The molecule has 1 aromatic heterocycles. The van der Waals surface area contributed by atoms with Gasteiger partial charge in [0.2, 0.25) is 14.2 Å². The zero-order valence-electron chi connectivity index (χ0n) is 13.9. The summed E-state index contributed by atoms with van der Waals surface area (Å²) >= 11 is 0.812. The maximum Gasteiger partial charge on any atom is 0.255 e. The molecule has 0 aliphatic rings. The van der Waals surface area contributed by atoms with E-state index >= 15 is 0 Å². The lowest BCUT2D eigenvalue weighted by Crippen LogP contribution is -2.13. The number of aryl methyl sites for hydroxylation is 1. The van der Waals surface area contributed by atoms with E-state index in [9.17, 15) is 22.0 Å². The number of carbonyl (C=O) groups excluding carboxylic acids is 1. The van der Waals surface area contributed by atoms with Crippen molar-refractivity contribution in [1.82, 2.24) is 9.36 Å². The number of halogens is 2. The average molecular weight is 409 g/mol. The predicted octanol–water partition coefficient (Wildman–Crippen LogP) is 3.35. The average Bonchev–Trinajstić information content (AvgIpc) is 3.05. The Kier molecular flexibility index (Phi) is 5.29. The molecule has 0 spiro atoms. The van der Waals surface area contributed by atoms with E-state index in [2.05, 4.69) is 14.7 Å². The third kappa shape index (κ3) is 4.52. The summed E-state index contributed by atoms with van der Waals surface area (Å²) in [6.45, 7) is 1.60. The Balaban J connectivity index is 1.72. The van der Waals surface area contributed by atoms with E-state index in [-0.39, 0.29) is 21.3 Å². The van der Waals surface area contributed by atoms with Crippen LogP contribution in [0.25, 0.3) is 0 Å². The molecule has 0 saturated carbocycles. The van der Waals surface area contributed by atoms with E-state index in [1.165, 1.54) is 24.3 Å². The van der Waals surface area contributed by atoms with E-state index in [1.807, 2.05) is 0 Å². The molecule has 10 heteroatoms. The molecule has 2 aromatic carbocycles. The highest BCUT2D eigenvalue weighted by molar-refractivity contribution is 7.92. The van der Waals surface area contributed by atoms with Gasteiger partial charge in [-0.15, -0.1) is 0 Å². The standard InChI is InChI=1S/C17H13F2N3O3S2/c1-10-20-17(26-22-10)27(24,25)9-11-2-4-12(5-3-11)16(23)21-15-7-6-13(18)8-14(15)19/h2-8H,9H2,1H3,(H,21,23). The lowest BCUT2D eigenvalue weighted by atomic mass is 10.1. The number of sulfone groups is 1. The summed E-state index contributed by atoms with van der Waals surface area (Å²) < 4.78 is 54.9. The molecule has 140 valence electrons. The Morgan fingerprint density at radius 3 is 2.44 bits per heavy atom. The number of hydrogen-bond acceptors (Lipinski definition) is 6. The molecule has 6 nitrogen and oxygen atoms in total. The van der Waals surface area contributed by atoms with Crippen molar-refractivity contribution in [1.29, 1.82) is 0 Å². The van der Waals surface area contributed by atoms with Gasteiger partial charge in [-0.3, -0.25) is 4.79 Å². The first-order valence-corrected chi connectivity index (χ1v) is 10.1. The second-order valence-corrected chi connectivity index (χ2v) is 8.56. The molecule has 1 heterocycles. The molecule has 1 amide bonds. The van der Waals surface area contributed by atoms with Crippen LogP contribution in [0.15, 0.2) is 46.8 Å². The Morgan fingerprint density at radius 2 is 1.85 bits per heavy atom. The minimum Gasteiger partial charge on any atom is -0.319 e. The number of nitrogens with one attached hydrogen (secondary N) is 1. The first-order chi connectivity index (χ1) is 12.7. The Bertz CT molecular complexity index is 1100. The normalized spacial score (nSPS) is 11.4. The molecule has 0 aliphatic carbocycles. The number of anilines is 1. The molecule has 1 N–H and O–H groups in total. The number of hydrogen-bond donors (Lipinski definition) is 1. The molecule has 0 bridgehead atoms. The second-order valence-electron chi connectivity index (χ2n) is 5.64. The number of aromatic nitrogens is 2. The quantitative estimate of drug-likeness (QED) is 0.698. The highest BCUT2D eigenvalue weighted by atomic mass is 32.2. The zero-order chi connectivity index (χ0) is 19.6. The zero-order valence-corrected chi connectivity index (χ0v) is 15.6. The van der Waals surface area contributed by atoms with Crippen molar-refractivity contribution in [2.75, 3.05) is 5.32 Å². The molecule has 3 aromatic rings. The monoisotopic (exact) mass is 409 g/mol. The summed E-state index contributed by atoms with van der Waals surface area (Å²) in [6, 6.07) is 8.64. The fourth-order valence-electron chi connectivity index (χ4n) is 2.22. The van der Waals surface area contributed by atoms with E-state index in [1.54, 1.807) is 6.92 Å². The van der Waals surface area contributed by atoms with Crippen molar-refractivity contribution in [2.24, 2.45) is 0 Å². The Hall–Kier alpha value is -2.72. The first-order valence-electron chi connectivity index (χ1n) is 7.63. The van der Waals surface area contributed by atoms with E-state index in [0.717, 1.165) is 23.7 Å². The number of carbonyl (C=O) groups is 1. The Labute approximate surface area is 158 Å². The molecular formula is C17H13F2N3O3S2. The van der Waals surface area contributed by atoms with Crippen LogP contribution < -0.4 is 5.32 Å². The SMILES string of the molecule is Cc1nsc(S(=O)(=O)Cc2ccc(C(=O)Nc3ccc(F)cc3F)cc2)n1. The summed E-state index contributed by atoms with van der Waals surface area (Å²) in [4.78, 5) is 16.0. The fraction of sp³-hybridized carbons (Fsp3) is 0.118. The molecule has 0 unspecified atom stereocenters. The van der Waals surface area contributed by atoms with Gasteiger partial charge in [-0.25, -0.2) is 22.2 Å². The van der Waals surface area contributed by atoms with Gasteiger partial charge in [0, 0.05) is 11.6 Å². The number of amides is 1. The highest BCUT2D eigenvalue weighted by Crippen LogP contribution is 2.20. The van der Waals surface area contributed by atoms with Crippen molar-refractivity contribution < 1.29 is 22.0 Å². The topological polar surface area (TPSA) is 89.0 Å². The minimum absolute atomic E-state index is 0.0615. The molecule has 0 saturated heterocycles. The number of benzene rings is 2. The van der Waals surface area contributed by atoms with E-state index in [0.29, 0.717) is 17.5 Å². The van der Waals surface area contributed by atoms with Gasteiger partial charge in [0.05, 0.1) is 11.4 Å². The summed E-state index contributed by atoms with van der Waals surface area (Å²) in [5.41, 5.74) is 0.513. The van der Waals surface area contributed by atoms with Crippen LogP contribution in [-0.2, 0) is 15.6 Å². The smallest absolute Gasteiger partial charge is 0.255 e. The van der Waals surface area contributed by atoms with Gasteiger partial charge < -0.3 is 5.32 Å². The maximum absolute atomic E-state index is 13.6. The molecule has 0 atom stereocenters. The van der Waals surface area contributed by atoms with Gasteiger partial charge in [-0.2, -0.15) is 4.37 Å². The van der Waals surface area contributed by atoms with Gasteiger partial charge in [0.25, 0.3) is 5.91 Å². The third-order valence-electron chi connectivity index (χ3n) is 3.53. The van der Waals surface area contributed by atoms with Crippen LogP contribution in [0, 0.1) is 18.6 Å². The highest BCUT2D eigenvalue weighted by Gasteiger charge is 2.20. The van der Waals surface area contributed by atoms with E-state index in [4.69, 9.17) is 0 Å². The van der Waals surface area contributed by atoms with Gasteiger partial charge in [0.15, 0.2) is 0 Å². The van der Waals surface area contributed by atoms with Crippen LogP contribution in [0.5, 0.6) is 0 Å². The predicted molar refractivity (Wildman–Crippen MR) is 96.3 cm³/mol. The fourth-order valence-corrected chi connectivity index (χ4v) is 4.42. The molecule has 3 rings (SSSR count). The van der Waals surface area contributed by atoms with Crippen LogP contribution in [0.1, 0.15) is 21.7 Å². The van der Waals surface area contributed by atoms with Gasteiger partial charge in [-0.05, 0) is 48.3 Å². The van der Waals surface area contributed by atoms with Crippen molar-refractivity contribution >= 4 is 33.0 Å². The molecule has 0 aliphatic heterocycles. The number of rotatable bonds is 5. The Morgan fingerprint density at radius 1 is 1.15 bits per heavy atom. The van der Waals surface area contributed by atoms with Gasteiger partial charge >= 0.3 is 0 Å². The lowest BCUT2D eigenvalue weighted by molar-refractivity contribution is 0.102. The van der Waals surface area contributed by atoms with Crippen molar-refractivity contribution in [3.63, 3.8) is 0 Å². The lowest BCUT2D eigenvalue weighted by Gasteiger charge is -2.07. The first kappa shape index (κ1) is 19.1. The summed E-state index contributed by atoms with van der Waals surface area (Å²) in [7, 11) is -3.62. The molecular weight excluding hydrogens is 396 g/mol. The van der Waals surface area contributed by atoms with Crippen molar-refractivity contribution in [2.45, 2.75) is 17.0 Å². The van der Waals surface area contributed by atoms with Crippen LogP contribution in [0.4, 0.5) is 14.5 Å². The second kappa shape index (κ2) is 7.49.